The van der Waals surface area contributed by atoms with Gasteiger partial charge in [-0.2, -0.15) is 0 Å². The largest absolute Gasteiger partial charge is 0.0623 e. The third-order valence-electron chi connectivity index (χ3n) is 2.96. The fourth-order valence-electron chi connectivity index (χ4n) is 2.37. The number of rotatable bonds is 1. The third-order valence-corrected chi connectivity index (χ3v) is 2.96. The molecule has 1 aliphatic carbocycles. The molecule has 17 heavy (non-hydrogen) atoms. The lowest BCUT2D eigenvalue weighted by Crippen LogP contribution is -1.93. The maximum atomic E-state index is 2.25. The van der Waals surface area contributed by atoms with Gasteiger partial charge >= 0.3 is 0 Å². The molecular formula is C17H18. The van der Waals surface area contributed by atoms with Crippen molar-refractivity contribution in [2.75, 3.05) is 0 Å². The topological polar surface area (TPSA) is 0 Å². The van der Waals surface area contributed by atoms with E-state index in [9.17, 15) is 0 Å². The van der Waals surface area contributed by atoms with Crippen LogP contribution in [-0.2, 0) is 0 Å². The van der Waals surface area contributed by atoms with Crippen molar-refractivity contribution in [3.8, 4) is 0 Å². The first-order chi connectivity index (χ1) is 8.18. The van der Waals surface area contributed by atoms with E-state index in [2.05, 4.69) is 69.4 Å². The van der Waals surface area contributed by atoms with Gasteiger partial charge in [0, 0.05) is 0 Å². The van der Waals surface area contributed by atoms with Crippen LogP contribution in [0.4, 0.5) is 0 Å². The maximum Gasteiger partial charge on any atom is -0.0125 e. The number of aryl methyl sites for hydroxylation is 3. The van der Waals surface area contributed by atoms with Crippen LogP contribution in [-0.4, -0.2) is 0 Å². The highest BCUT2D eigenvalue weighted by Crippen LogP contribution is 2.26. The van der Waals surface area contributed by atoms with Gasteiger partial charge in [-0.25, -0.2) is 0 Å². The molecule has 1 aromatic rings. The van der Waals surface area contributed by atoms with E-state index in [4.69, 9.17) is 0 Å². The molecule has 0 atom stereocenters. The van der Waals surface area contributed by atoms with Gasteiger partial charge in [-0.15, -0.1) is 0 Å². The van der Waals surface area contributed by atoms with Crippen molar-refractivity contribution < 1.29 is 0 Å². The summed E-state index contributed by atoms with van der Waals surface area (Å²) < 4.78 is 0. The minimum Gasteiger partial charge on any atom is -0.0623 e. The van der Waals surface area contributed by atoms with Crippen molar-refractivity contribution in [3.63, 3.8) is 0 Å². The van der Waals surface area contributed by atoms with Gasteiger partial charge in [0.2, 0.25) is 0 Å². The van der Waals surface area contributed by atoms with Crippen LogP contribution in [0.25, 0.3) is 5.57 Å². The summed E-state index contributed by atoms with van der Waals surface area (Å²) in [4.78, 5) is 0. The summed E-state index contributed by atoms with van der Waals surface area (Å²) >= 11 is 0. The lowest BCUT2D eigenvalue weighted by Gasteiger charge is -2.12. The summed E-state index contributed by atoms with van der Waals surface area (Å²) in [6.45, 7) is 6.51. The molecular weight excluding hydrogens is 204 g/mol. The van der Waals surface area contributed by atoms with Crippen molar-refractivity contribution in [2.24, 2.45) is 0 Å². The predicted molar refractivity (Wildman–Crippen MR) is 76.1 cm³/mol. The van der Waals surface area contributed by atoms with Crippen molar-refractivity contribution in [1.29, 1.82) is 0 Å². The molecule has 0 aliphatic heterocycles. The molecule has 0 saturated heterocycles. The smallest absolute Gasteiger partial charge is 0.0125 e. The van der Waals surface area contributed by atoms with Gasteiger partial charge in [-0.05, 0) is 43.0 Å². The van der Waals surface area contributed by atoms with Crippen LogP contribution in [0.15, 0.2) is 54.7 Å². The molecule has 0 aromatic heterocycles. The molecule has 0 radical (unpaired) electrons. The highest BCUT2D eigenvalue weighted by Gasteiger charge is 2.06. The Bertz CT molecular complexity index is 514. The lowest BCUT2D eigenvalue weighted by atomic mass is 9.93. The van der Waals surface area contributed by atoms with Crippen LogP contribution in [0.2, 0.25) is 0 Å². The Balaban J connectivity index is 2.54. The van der Waals surface area contributed by atoms with Crippen LogP contribution in [0.5, 0.6) is 0 Å². The molecule has 0 nitrogen and oxygen atoms in total. The summed E-state index contributed by atoms with van der Waals surface area (Å²) in [6, 6.07) is 4.49. The van der Waals surface area contributed by atoms with E-state index in [1.165, 1.54) is 27.8 Å². The summed E-state index contributed by atoms with van der Waals surface area (Å²) in [5.41, 5.74) is 6.65. The number of hydrogen-bond donors (Lipinski definition) is 0. The van der Waals surface area contributed by atoms with Gasteiger partial charge in [0.25, 0.3) is 0 Å². The van der Waals surface area contributed by atoms with Gasteiger partial charge in [-0.1, -0.05) is 60.2 Å². The van der Waals surface area contributed by atoms with E-state index in [-0.39, 0.29) is 0 Å². The van der Waals surface area contributed by atoms with Crippen molar-refractivity contribution in [2.45, 2.75) is 20.8 Å². The van der Waals surface area contributed by atoms with E-state index in [1.807, 2.05) is 6.08 Å². The first-order valence-corrected chi connectivity index (χ1v) is 5.98. The number of benzene rings is 1. The van der Waals surface area contributed by atoms with Crippen molar-refractivity contribution in [1.82, 2.24) is 0 Å². The Kier molecular flexibility index (Phi) is 3.43. The fourth-order valence-corrected chi connectivity index (χ4v) is 2.37. The molecule has 0 fully saturated rings. The maximum absolute atomic E-state index is 2.25. The second kappa shape index (κ2) is 5.01. The van der Waals surface area contributed by atoms with E-state index < -0.39 is 0 Å². The molecule has 0 spiro atoms. The van der Waals surface area contributed by atoms with E-state index in [0.29, 0.717) is 0 Å². The average Bonchev–Trinajstić information content (AvgIpc) is 2.19. The summed E-state index contributed by atoms with van der Waals surface area (Å²) in [5.74, 6) is 0. The van der Waals surface area contributed by atoms with Crippen LogP contribution < -0.4 is 0 Å². The molecule has 0 saturated carbocycles. The zero-order valence-electron chi connectivity index (χ0n) is 10.7. The van der Waals surface area contributed by atoms with E-state index in [1.54, 1.807) is 0 Å². The minimum atomic E-state index is 1.28. The fraction of sp³-hybridized carbons (Fsp3) is 0.176. The second-order valence-corrected chi connectivity index (χ2v) is 4.52. The van der Waals surface area contributed by atoms with Crippen LogP contribution in [0.3, 0.4) is 0 Å². The zero-order valence-corrected chi connectivity index (χ0v) is 10.7. The van der Waals surface area contributed by atoms with Crippen molar-refractivity contribution in [3.05, 3.63) is 76.9 Å². The molecule has 0 heterocycles. The quantitative estimate of drug-likeness (QED) is 0.647. The molecule has 0 amide bonds. The first-order valence-electron chi connectivity index (χ1n) is 5.98. The Morgan fingerprint density at radius 3 is 2.00 bits per heavy atom. The molecule has 0 N–H and O–H groups in total. The van der Waals surface area contributed by atoms with E-state index >= 15 is 0 Å². The highest BCUT2D eigenvalue weighted by atomic mass is 14.1. The molecule has 86 valence electrons. The molecule has 0 heteroatoms. The summed E-state index contributed by atoms with van der Waals surface area (Å²) in [6.07, 6.45) is 14.7. The minimum absolute atomic E-state index is 1.28. The molecule has 1 aromatic carbocycles. The average molecular weight is 222 g/mol. The Morgan fingerprint density at radius 2 is 1.29 bits per heavy atom. The lowest BCUT2D eigenvalue weighted by molar-refractivity contribution is 1.29. The number of allylic oxidation sites excluding steroid dienone is 8. The summed E-state index contributed by atoms with van der Waals surface area (Å²) in [5, 5.41) is 0. The highest BCUT2D eigenvalue weighted by molar-refractivity contribution is 5.79. The number of hydrogen-bond acceptors (Lipinski definition) is 0. The van der Waals surface area contributed by atoms with Gasteiger partial charge in [0.05, 0.1) is 0 Å². The molecule has 1 aliphatic rings. The molecule has 0 unspecified atom stereocenters. The Labute approximate surface area is 104 Å². The molecule has 0 bridgehead atoms. The van der Waals surface area contributed by atoms with E-state index in [0.717, 1.165) is 0 Å². The van der Waals surface area contributed by atoms with Gasteiger partial charge in [-0.3, -0.25) is 0 Å². The Hall–Kier alpha value is -1.82. The van der Waals surface area contributed by atoms with Gasteiger partial charge in [0.15, 0.2) is 0 Å². The zero-order chi connectivity index (χ0) is 12.3. The van der Waals surface area contributed by atoms with Gasteiger partial charge < -0.3 is 0 Å². The SMILES string of the molecule is Cc1cc(C)c(C2=C/C=C\C=C/C=C\2)c(C)c1. The predicted octanol–water partition coefficient (Wildman–Crippen LogP) is 4.68. The van der Waals surface area contributed by atoms with Crippen molar-refractivity contribution >= 4 is 5.57 Å². The standard InChI is InChI=1S/C17H18/c1-13-11-14(2)17(15(3)12-13)16-9-7-5-4-6-8-10-16/h4-12H,1-3H3/b5-4-,6-4?,7-5?,8-6-,9-7-,10-8?,16-9?,16-10+. The molecule has 2 rings (SSSR count). The van der Waals surface area contributed by atoms with Crippen LogP contribution in [0.1, 0.15) is 22.3 Å². The summed E-state index contributed by atoms with van der Waals surface area (Å²) in [7, 11) is 0. The Morgan fingerprint density at radius 1 is 0.706 bits per heavy atom. The van der Waals surface area contributed by atoms with Crippen LogP contribution in [0, 0.1) is 20.8 Å². The van der Waals surface area contributed by atoms with Gasteiger partial charge in [0.1, 0.15) is 0 Å². The first kappa shape index (κ1) is 11.7. The monoisotopic (exact) mass is 222 g/mol. The van der Waals surface area contributed by atoms with Crippen LogP contribution >= 0.6 is 0 Å². The third kappa shape index (κ3) is 2.65. The normalized spacial score (nSPS) is 23.1. The second-order valence-electron chi connectivity index (χ2n) is 4.52.